The van der Waals surface area contributed by atoms with Crippen molar-refractivity contribution in [1.29, 1.82) is 0 Å². The maximum absolute atomic E-state index is 5.53. The fourth-order valence-electron chi connectivity index (χ4n) is 1.61. The highest BCUT2D eigenvalue weighted by Gasteiger charge is 2.14. The first-order chi connectivity index (χ1) is 6.84. The molecule has 1 aliphatic rings. The number of ether oxygens (including phenoxy) is 1. The summed E-state index contributed by atoms with van der Waals surface area (Å²) in [5.41, 5.74) is 0. The molecule has 0 aromatic carbocycles. The summed E-state index contributed by atoms with van der Waals surface area (Å²) >= 11 is 5.24. The van der Waals surface area contributed by atoms with Crippen LogP contribution in [0.3, 0.4) is 0 Å². The van der Waals surface area contributed by atoms with Gasteiger partial charge in [-0.25, -0.2) is 0 Å². The highest BCUT2D eigenvalue weighted by molar-refractivity contribution is 9.11. The first-order valence-corrected chi connectivity index (χ1v) is 6.52. The van der Waals surface area contributed by atoms with Crippen molar-refractivity contribution < 1.29 is 4.74 Å². The average molecular weight is 276 g/mol. The van der Waals surface area contributed by atoms with Gasteiger partial charge in [0.1, 0.15) is 0 Å². The van der Waals surface area contributed by atoms with Gasteiger partial charge in [-0.3, -0.25) is 0 Å². The molecular weight excluding hydrogens is 262 g/mol. The Morgan fingerprint density at radius 3 is 3.14 bits per heavy atom. The van der Waals surface area contributed by atoms with E-state index in [1.54, 1.807) is 11.3 Å². The van der Waals surface area contributed by atoms with Crippen LogP contribution < -0.4 is 5.32 Å². The zero-order valence-electron chi connectivity index (χ0n) is 7.96. The molecule has 1 atom stereocenters. The molecule has 2 nitrogen and oxygen atoms in total. The molecule has 0 saturated carbocycles. The van der Waals surface area contributed by atoms with E-state index in [-0.39, 0.29) is 0 Å². The van der Waals surface area contributed by atoms with Gasteiger partial charge in [0.15, 0.2) is 0 Å². The van der Waals surface area contributed by atoms with E-state index in [0.717, 1.165) is 19.7 Å². The lowest BCUT2D eigenvalue weighted by molar-refractivity contribution is 0.110. The zero-order chi connectivity index (χ0) is 9.80. The van der Waals surface area contributed by atoms with Crippen molar-refractivity contribution in [2.24, 2.45) is 0 Å². The molecule has 0 bridgehead atoms. The van der Waals surface area contributed by atoms with E-state index < -0.39 is 0 Å². The Bertz CT molecular complexity index is 283. The van der Waals surface area contributed by atoms with Crippen LogP contribution in [-0.4, -0.2) is 19.3 Å². The van der Waals surface area contributed by atoms with Gasteiger partial charge in [0, 0.05) is 24.6 Å². The third-order valence-electron chi connectivity index (χ3n) is 2.32. The van der Waals surface area contributed by atoms with Crippen LogP contribution in [0.2, 0.25) is 0 Å². The number of hydrogen-bond donors (Lipinski definition) is 1. The van der Waals surface area contributed by atoms with Gasteiger partial charge in [0.2, 0.25) is 0 Å². The average Bonchev–Trinajstić information content (AvgIpc) is 2.77. The summed E-state index contributed by atoms with van der Waals surface area (Å²) in [6.45, 7) is 2.88. The second-order valence-electron chi connectivity index (χ2n) is 3.47. The zero-order valence-corrected chi connectivity index (χ0v) is 10.4. The van der Waals surface area contributed by atoms with E-state index in [4.69, 9.17) is 4.74 Å². The molecule has 0 unspecified atom stereocenters. The molecule has 2 rings (SSSR count). The van der Waals surface area contributed by atoms with Gasteiger partial charge >= 0.3 is 0 Å². The molecule has 0 radical (unpaired) electrons. The predicted octanol–water partition coefficient (Wildman–Crippen LogP) is 2.78. The number of nitrogens with one attached hydrogen (secondary N) is 1. The highest BCUT2D eigenvalue weighted by atomic mass is 79.9. The maximum Gasteiger partial charge on any atom is 0.0701 e. The summed E-state index contributed by atoms with van der Waals surface area (Å²) < 4.78 is 6.73. The summed E-state index contributed by atoms with van der Waals surface area (Å²) in [5.74, 6) is 0. The van der Waals surface area contributed by atoms with Crippen molar-refractivity contribution >= 4 is 27.3 Å². The Morgan fingerprint density at radius 1 is 1.57 bits per heavy atom. The van der Waals surface area contributed by atoms with Gasteiger partial charge < -0.3 is 10.1 Å². The van der Waals surface area contributed by atoms with Crippen LogP contribution in [-0.2, 0) is 11.3 Å². The minimum Gasteiger partial charge on any atom is -0.377 e. The molecule has 1 aromatic heterocycles. The van der Waals surface area contributed by atoms with E-state index in [2.05, 4.69) is 33.4 Å². The second-order valence-corrected chi connectivity index (χ2v) is 6.02. The normalized spacial score (nSPS) is 21.6. The van der Waals surface area contributed by atoms with Gasteiger partial charge in [-0.2, -0.15) is 0 Å². The van der Waals surface area contributed by atoms with Gasteiger partial charge in [-0.05, 0) is 40.9 Å². The van der Waals surface area contributed by atoms with Crippen molar-refractivity contribution in [3.05, 3.63) is 20.8 Å². The van der Waals surface area contributed by atoms with Crippen LogP contribution in [0.25, 0.3) is 0 Å². The Labute approximate surface area is 96.8 Å². The van der Waals surface area contributed by atoms with E-state index >= 15 is 0 Å². The molecule has 14 heavy (non-hydrogen) atoms. The van der Waals surface area contributed by atoms with Crippen molar-refractivity contribution in [2.45, 2.75) is 25.5 Å². The number of halogens is 1. The van der Waals surface area contributed by atoms with Crippen LogP contribution in [0.5, 0.6) is 0 Å². The van der Waals surface area contributed by atoms with Crippen LogP contribution >= 0.6 is 27.3 Å². The number of hydrogen-bond acceptors (Lipinski definition) is 3. The molecule has 1 fully saturated rings. The quantitative estimate of drug-likeness (QED) is 0.913. The predicted molar refractivity (Wildman–Crippen MR) is 62.7 cm³/mol. The van der Waals surface area contributed by atoms with Gasteiger partial charge in [-0.15, -0.1) is 11.3 Å². The van der Waals surface area contributed by atoms with Crippen LogP contribution in [0.15, 0.2) is 15.9 Å². The maximum atomic E-state index is 5.53. The van der Waals surface area contributed by atoms with Crippen molar-refractivity contribution in [3.63, 3.8) is 0 Å². The van der Waals surface area contributed by atoms with Crippen molar-refractivity contribution in [3.8, 4) is 0 Å². The van der Waals surface area contributed by atoms with Crippen LogP contribution in [0.1, 0.15) is 17.7 Å². The molecule has 1 aliphatic heterocycles. The van der Waals surface area contributed by atoms with Gasteiger partial charge in [0.25, 0.3) is 0 Å². The summed E-state index contributed by atoms with van der Waals surface area (Å²) in [4.78, 5) is 1.37. The summed E-state index contributed by atoms with van der Waals surface area (Å²) in [7, 11) is 0. The summed E-state index contributed by atoms with van der Waals surface area (Å²) in [6, 6.07) is 4.24. The lowest BCUT2D eigenvalue weighted by Crippen LogP contribution is -2.25. The Morgan fingerprint density at radius 2 is 2.50 bits per heavy atom. The number of rotatable bonds is 4. The van der Waals surface area contributed by atoms with E-state index in [9.17, 15) is 0 Å². The van der Waals surface area contributed by atoms with Crippen molar-refractivity contribution in [1.82, 2.24) is 5.32 Å². The fourth-order valence-corrected chi connectivity index (χ4v) is 3.06. The fraction of sp³-hybridized carbons (Fsp3) is 0.600. The molecular formula is C10H14BrNOS. The second kappa shape index (κ2) is 5.26. The molecule has 1 aromatic rings. The Kier molecular flexibility index (Phi) is 3.99. The van der Waals surface area contributed by atoms with E-state index in [0.29, 0.717) is 6.10 Å². The first kappa shape index (κ1) is 10.6. The molecule has 78 valence electrons. The topological polar surface area (TPSA) is 21.3 Å². The molecule has 2 heterocycles. The lowest BCUT2D eigenvalue weighted by atomic mass is 10.2. The highest BCUT2D eigenvalue weighted by Crippen LogP contribution is 2.21. The molecule has 0 amide bonds. The van der Waals surface area contributed by atoms with Crippen LogP contribution in [0.4, 0.5) is 0 Å². The van der Waals surface area contributed by atoms with E-state index in [1.165, 1.54) is 21.5 Å². The molecule has 0 aliphatic carbocycles. The SMILES string of the molecule is Brc1ccc(CNC[C@@H]2CCCO2)s1. The third-order valence-corrected chi connectivity index (χ3v) is 3.95. The Balaban J connectivity index is 1.67. The van der Waals surface area contributed by atoms with Gasteiger partial charge in [0.05, 0.1) is 9.89 Å². The van der Waals surface area contributed by atoms with Gasteiger partial charge in [-0.1, -0.05) is 0 Å². The molecule has 1 N–H and O–H groups in total. The summed E-state index contributed by atoms with van der Waals surface area (Å²) in [6.07, 6.45) is 2.87. The minimum atomic E-state index is 0.443. The monoisotopic (exact) mass is 275 g/mol. The molecule has 1 saturated heterocycles. The van der Waals surface area contributed by atoms with Crippen LogP contribution in [0, 0.1) is 0 Å². The number of thiophene rings is 1. The molecule has 4 heteroatoms. The smallest absolute Gasteiger partial charge is 0.0701 e. The van der Waals surface area contributed by atoms with E-state index in [1.807, 2.05) is 0 Å². The Hall–Kier alpha value is 0.1000. The lowest BCUT2D eigenvalue weighted by Gasteiger charge is -2.09. The largest absolute Gasteiger partial charge is 0.377 e. The van der Waals surface area contributed by atoms with Crippen molar-refractivity contribution in [2.75, 3.05) is 13.2 Å². The molecule has 0 spiro atoms. The first-order valence-electron chi connectivity index (χ1n) is 4.91. The minimum absolute atomic E-state index is 0.443. The standard InChI is InChI=1S/C10H14BrNOS/c11-10-4-3-9(14-10)7-12-6-8-2-1-5-13-8/h3-4,8,12H,1-2,5-7H2/t8-/m0/s1. The third kappa shape index (κ3) is 3.05. The summed E-state index contributed by atoms with van der Waals surface area (Å²) in [5, 5.41) is 3.42.